The van der Waals surface area contributed by atoms with E-state index < -0.39 is 10.0 Å². The Labute approximate surface area is 170 Å². The Morgan fingerprint density at radius 2 is 1.76 bits per heavy atom. The average molecular weight is 422 g/mol. The molecule has 2 aliphatic rings. The van der Waals surface area contributed by atoms with Gasteiger partial charge in [0.05, 0.1) is 17.9 Å². The van der Waals surface area contributed by atoms with Crippen LogP contribution in [0.5, 0.6) is 0 Å². The number of aromatic nitrogens is 3. The zero-order valence-electron chi connectivity index (χ0n) is 17.0. The monoisotopic (exact) mass is 421 g/mol. The van der Waals surface area contributed by atoms with E-state index in [0.29, 0.717) is 49.8 Å². The molecule has 0 bridgehead atoms. The highest BCUT2D eigenvalue weighted by molar-refractivity contribution is 7.88. The van der Waals surface area contributed by atoms with Gasteiger partial charge in [0.15, 0.2) is 11.5 Å². The Hall–Kier alpha value is -2.08. The van der Waals surface area contributed by atoms with E-state index in [4.69, 9.17) is 0 Å². The van der Waals surface area contributed by atoms with Crippen molar-refractivity contribution in [1.29, 1.82) is 0 Å². The maximum Gasteiger partial charge on any atom is 0.255 e. The third-order valence-electron chi connectivity index (χ3n) is 5.84. The molecular formula is C18H27N7O3S. The maximum absolute atomic E-state index is 13.0. The largest absolute Gasteiger partial charge is 0.336 e. The van der Waals surface area contributed by atoms with Crippen molar-refractivity contribution in [1.82, 2.24) is 33.6 Å². The second kappa shape index (κ2) is 7.63. The molecule has 2 aromatic rings. The fourth-order valence-corrected chi connectivity index (χ4v) is 4.71. The van der Waals surface area contributed by atoms with E-state index in [-0.39, 0.29) is 11.9 Å². The van der Waals surface area contributed by atoms with Gasteiger partial charge in [-0.2, -0.15) is 4.31 Å². The van der Waals surface area contributed by atoms with E-state index >= 15 is 0 Å². The van der Waals surface area contributed by atoms with Crippen LogP contribution in [0.15, 0.2) is 18.3 Å². The van der Waals surface area contributed by atoms with Crippen LogP contribution in [0.1, 0.15) is 22.2 Å². The molecule has 1 unspecified atom stereocenters. The van der Waals surface area contributed by atoms with Gasteiger partial charge in [-0.1, -0.05) is 0 Å². The summed E-state index contributed by atoms with van der Waals surface area (Å²) in [6.07, 6.45) is 3.00. The van der Waals surface area contributed by atoms with Crippen LogP contribution in [0.4, 0.5) is 0 Å². The van der Waals surface area contributed by atoms with Crippen molar-refractivity contribution in [3.63, 3.8) is 0 Å². The van der Waals surface area contributed by atoms with Crippen LogP contribution >= 0.6 is 0 Å². The molecule has 0 aliphatic carbocycles. The van der Waals surface area contributed by atoms with Gasteiger partial charge in [0, 0.05) is 52.0 Å². The summed E-state index contributed by atoms with van der Waals surface area (Å²) in [7, 11) is 0.720. The predicted molar refractivity (Wildman–Crippen MR) is 108 cm³/mol. The van der Waals surface area contributed by atoms with Crippen LogP contribution in [0, 0.1) is 0 Å². The van der Waals surface area contributed by atoms with Crippen LogP contribution in [0.2, 0.25) is 0 Å². The van der Waals surface area contributed by atoms with Gasteiger partial charge in [-0.05, 0) is 26.2 Å². The topological polar surface area (TPSA) is 94.4 Å². The zero-order chi connectivity index (χ0) is 20.8. The normalized spacial score (nSPS) is 23.0. The molecule has 1 amide bonds. The lowest BCUT2D eigenvalue weighted by Crippen LogP contribution is -2.49. The molecule has 2 fully saturated rings. The first-order valence-electron chi connectivity index (χ1n) is 9.72. The van der Waals surface area contributed by atoms with Gasteiger partial charge in [-0.15, -0.1) is 10.2 Å². The molecule has 158 valence electrons. The van der Waals surface area contributed by atoms with Crippen molar-refractivity contribution in [3.8, 4) is 0 Å². The molecular weight excluding hydrogens is 394 g/mol. The first-order valence-corrected chi connectivity index (χ1v) is 11.6. The van der Waals surface area contributed by atoms with Gasteiger partial charge in [0.2, 0.25) is 10.0 Å². The Morgan fingerprint density at radius 3 is 2.45 bits per heavy atom. The Bertz CT molecular complexity index is 1010. The second-order valence-corrected chi connectivity index (χ2v) is 9.90. The standard InChI is InChI=1S/C18H27N7O3S/c1-21-6-9-23(10-7-21)18(26)14-4-5-16-19-20-17(25(16)12-14)15-13-24(29(3,27)28)11-8-22(15)2/h4-5,12,15H,6-11,13H2,1-3H3. The fourth-order valence-electron chi connectivity index (χ4n) is 3.88. The molecule has 2 aliphatic heterocycles. The smallest absolute Gasteiger partial charge is 0.255 e. The molecule has 29 heavy (non-hydrogen) atoms. The van der Waals surface area contributed by atoms with E-state index in [0.717, 1.165) is 13.1 Å². The van der Waals surface area contributed by atoms with Crippen molar-refractivity contribution < 1.29 is 13.2 Å². The summed E-state index contributed by atoms with van der Waals surface area (Å²) in [5.74, 6) is 0.637. The Balaban J connectivity index is 1.64. The SMILES string of the molecule is CN1CCN(C(=O)c2ccc3nnc(C4CN(S(C)(=O)=O)CCN4C)n3c2)CC1. The summed E-state index contributed by atoms with van der Waals surface area (Å²) in [5.41, 5.74) is 1.22. The third-order valence-corrected chi connectivity index (χ3v) is 7.11. The number of piperazine rings is 2. The lowest BCUT2D eigenvalue weighted by Gasteiger charge is -2.37. The number of hydrogen-bond donors (Lipinski definition) is 0. The van der Waals surface area contributed by atoms with Crippen LogP contribution in [-0.2, 0) is 10.0 Å². The molecule has 10 nitrogen and oxygen atoms in total. The molecule has 4 rings (SSSR count). The highest BCUT2D eigenvalue weighted by Gasteiger charge is 2.33. The van der Waals surface area contributed by atoms with Gasteiger partial charge < -0.3 is 9.80 Å². The summed E-state index contributed by atoms with van der Waals surface area (Å²) >= 11 is 0. The van der Waals surface area contributed by atoms with Crippen molar-refractivity contribution in [3.05, 3.63) is 29.7 Å². The first-order chi connectivity index (χ1) is 13.7. The minimum absolute atomic E-state index is 0.00517. The van der Waals surface area contributed by atoms with Crippen molar-refractivity contribution >= 4 is 21.6 Å². The lowest BCUT2D eigenvalue weighted by molar-refractivity contribution is 0.0663. The molecule has 11 heteroatoms. The summed E-state index contributed by atoms with van der Waals surface area (Å²) in [5, 5.41) is 8.55. The van der Waals surface area contributed by atoms with Crippen LogP contribution in [0.25, 0.3) is 5.65 Å². The zero-order valence-corrected chi connectivity index (χ0v) is 17.8. The van der Waals surface area contributed by atoms with E-state index in [2.05, 4.69) is 27.0 Å². The molecule has 0 spiro atoms. The number of hydrogen-bond acceptors (Lipinski definition) is 7. The van der Waals surface area contributed by atoms with Gasteiger partial charge in [-0.3, -0.25) is 14.1 Å². The van der Waals surface area contributed by atoms with Crippen LogP contribution in [-0.4, -0.2) is 114 Å². The fraction of sp³-hybridized carbons (Fsp3) is 0.611. The molecule has 0 saturated carbocycles. The van der Waals surface area contributed by atoms with Gasteiger partial charge >= 0.3 is 0 Å². The summed E-state index contributed by atoms with van der Waals surface area (Å²) in [4.78, 5) is 19.1. The number of carbonyl (C=O) groups excluding carboxylic acids is 1. The predicted octanol–water partition coefficient (Wildman–Crippen LogP) is -0.635. The first kappa shape index (κ1) is 20.2. The molecule has 2 aromatic heterocycles. The third kappa shape index (κ3) is 4.00. The molecule has 1 atom stereocenters. The molecule has 4 heterocycles. The highest BCUT2D eigenvalue weighted by Crippen LogP contribution is 2.25. The number of fused-ring (bicyclic) bond motifs is 1. The van der Waals surface area contributed by atoms with Gasteiger partial charge in [-0.25, -0.2) is 8.42 Å². The molecule has 0 N–H and O–H groups in total. The van der Waals surface area contributed by atoms with Crippen LogP contribution in [0.3, 0.4) is 0 Å². The number of nitrogens with zero attached hydrogens (tertiary/aromatic N) is 7. The number of amides is 1. The maximum atomic E-state index is 13.0. The van der Waals surface area contributed by atoms with E-state index in [1.807, 2.05) is 16.3 Å². The Kier molecular flexibility index (Phi) is 5.32. The van der Waals surface area contributed by atoms with Crippen molar-refractivity contribution in [2.45, 2.75) is 6.04 Å². The summed E-state index contributed by atoms with van der Waals surface area (Å²) < 4.78 is 27.3. The van der Waals surface area contributed by atoms with E-state index in [1.165, 1.54) is 10.6 Å². The number of sulfonamides is 1. The highest BCUT2D eigenvalue weighted by atomic mass is 32.2. The van der Waals surface area contributed by atoms with Crippen molar-refractivity contribution in [2.75, 3.05) is 66.2 Å². The quantitative estimate of drug-likeness (QED) is 0.651. The van der Waals surface area contributed by atoms with Crippen molar-refractivity contribution in [2.24, 2.45) is 0 Å². The summed E-state index contributed by atoms with van der Waals surface area (Å²) in [6.45, 7) is 4.50. The minimum Gasteiger partial charge on any atom is -0.336 e. The number of rotatable bonds is 3. The van der Waals surface area contributed by atoms with Gasteiger partial charge in [0.25, 0.3) is 5.91 Å². The second-order valence-electron chi connectivity index (χ2n) is 7.92. The average Bonchev–Trinajstić information content (AvgIpc) is 3.10. The van der Waals surface area contributed by atoms with E-state index in [1.54, 1.807) is 18.3 Å². The number of pyridine rings is 1. The molecule has 0 radical (unpaired) electrons. The summed E-state index contributed by atoms with van der Waals surface area (Å²) in [6, 6.07) is 3.33. The number of carbonyl (C=O) groups is 1. The lowest BCUT2D eigenvalue weighted by atomic mass is 10.2. The molecule has 2 saturated heterocycles. The van der Waals surface area contributed by atoms with Gasteiger partial charge in [0.1, 0.15) is 0 Å². The van der Waals surface area contributed by atoms with Crippen LogP contribution < -0.4 is 0 Å². The van der Waals surface area contributed by atoms with E-state index in [9.17, 15) is 13.2 Å². The number of likely N-dealkylation sites (N-methyl/N-ethyl adjacent to an activating group) is 2. The molecule has 0 aromatic carbocycles. The Morgan fingerprint density at radius 1 is 1.03 bits per heavy atom. The minimum atomic E-state index is -3.28.